The molecule has 4 nitrogen and oxygen atoms in total. The zero-order valence-electron chi connectivity index (χ0n) is 8.59. The number of aromatic amines is 1. The SMILES string of the molecule is N[C@]1(C(F)(F)F)CCCN(c2cc[nH]n2)C1. The second-order valence-electron chi connectivity index (χ2n) is 4.11. The molecule has 0 aromatic carbocycles. The lowest BCUT2D eigenvalue weighted by Crippen LogP contribution is -2.63. The Morgan fingerprint density at radius 2 is 2.25 bits per heavy atom. The molecule has 1 saturated heterocycles. The highest BCUT2D eigenvalue weighted by Gasteiger charge is 2.53. The number of nitrogens with two attached hydrogens (primary N) is 1. The molecule has 16 heavy (non-hydrogen) atoms. The van der Waals surface area contributed by atoms with Crippen LogP contribution in [0.25, 0.3) is 0 Å². The van der Waals surface area contributed by atoms with Gasteiger partial charge >= 0.3 is 6.18 Å². The summed E-state index contributed by atoms with van der Waals surface area (Å²) in [5.74, 6) is 0.513. The van der Waals surface area contributed by atoms with E-state index in [4.69, 9.17) is 5.73 Å². The minimum Gasteiger partial charge on any atom is -0.353 e. The number of halogens is 3. The zero-order valence-corrected chi connectivity index (χ0v) is 8.59. The van der Waals surface area contributed by atoms with Crippen molar-refractivity contribution < 1.29 is 13.2 Å². The fourth-order valence-electron chi connectivity index (χ4n) is 1.94. The Bertz CT molecular complexity index is 348. The van der Waals surface area contributed by atoms with Crippen molar-refractivity contribution in [1.29, 1.82) is 0 Å². The van der Waals surface area contributed by atoms with Gasteiger partial charge in [0.2, 0.25) is 0 Å². The van der Waals surface area contributed by atoms with Gasteiger partial charge in [0.1, 0.15) is 11.4 Å². The number of H-pyrrole nitrogens is 1. The van der Waals surface area contributed by atoms with Crippen molar-refractivity contribution in [3.05, 3.63) is 12.3 Å². The molecule has 1 aliphatic heterocycles. The van der Waals surface area contributed by atoms with Gasteiger partial charge in [0, 0.05) is 25.4 Å². The molecular weight excluding hydrogens is 221 g/mol. The Balaban J connectivity index is 2.16. The highest BCUT2D eigenvalue weighted by Crippen LogP contribution is 2.36. The highest BCUT2D eigenvalue weighted by atomic mass is 19.4. The number of piperidine rings is 1. The maximum atomic E-state index is 12.8. The summed E-state index contributed by atoms with van der Waals surface area (Å²) in [6.07, 6.45) is -2.40. The molecule has 2 rings (SSSR count). The Kier molecular flexibility index (Phi) is 2.57. The van der Waals surface area contributed by atoms with Crippen molar-refractivity contribution in [2.24, 2.45) is 5.73 Å². The number of hydrogen-bond acceptors (Lipinski definition) is 3. The number of alkyl halides is 3. The molecule has 0 bridgehead atoms. The van der Waals surface area contributed by atoms with Crippen LogP contribution in [-0.4, -0.2) is 35.0 Å². The van der Waals surface area contributed by atoms with Crippen LogP contribution in [0.2, 0.25) is 0 Å². The molecule has 1 aromatic rings. The number of rotatable bonds is 1. The van der Waals surface area contributed by atoms with Crippen LogP contribution in [0.5, 0.6) is 0 Å². The first kappa shape index (κ1) is 11.3. The van der Waals surface area contributed by atoms with Gasteiger partial charge in [0.05, 0.1) is 0 Å². The van der Waals surface area contributed by atoms with Gasteiger partial charge in [-0.3, -0.25) is 5.10 Å². The van der Waals surface area contributed by atoms with Crippen LogP contribution < -0.4 is 10.6 Å². The Hall–Kier alpha value is -1.24. The third-order valence-electron chi connectivity index (χ3n) is 2.90. The molecule has 0 spiro atoms. The maximum absolute atomic E-state index is 12.8. The van der Waals surface area contributed by atoms with E-state index < -0.39 is 11.7 Å². The van der Waals surface area contributed by atoms with E-state index in [0.717, 1.165) is 0 Å². The minimum atomic E-state index is -4.37. The summed E-state index contributed by atoms with van der Waals surface area (Å²) in [5, 5.41) is 6.44. The summed E-state index contributed by atoms with van der Waals surface area (Å²) in [6, 6.07) is 1.64. The standard InChI is InChI=1S/C9H13F3N4/c10-9(11,12)8(13)3-1-5-16(6-8)7-2-4-14-15-7/h2,4H,1,3,5-6,13H2,(H,14,15)/t8-/m1/s1. The molecule has 0 amide bonds. The van der Waals surface area contributed by atoms with E-state index in [1.165, 1.54) is 0 Å². The summed E-state index contributed by atoms with van der Waals surface area (Å²) in [4.78, 5) is 1.56. The smallest absolute Gasteiger partial charge is 0.353 e. The molecule has 3 N–H and O–H groups in total. The fraction of sp³-hybridized carbons (Fsp3) is 0.667. The van der Waals surface area contributed by atoms with Gasteiger partial charge in [-0.2, -0.15) is 18.3 Å². The molecule has 1 atom stereocenters. The van der Waals surface area contributed by atoms with Gasteiger partial charge in [0.25, 0.3) is 0 Å². The quantitative estimate of drug-likeness (QED) is 0.769. The fourth-order valence-corrected chi connectivity index (χ4v) is 1.94. The minimum absolute atomic E-state index is 0.0303. The number of hydrogen-bond donors (Lipinski definition) is 2. The van der Waals surface area contributed by atoms with Crippen molar-refractivity contribution in [3.8, 4) is 0 Å². The maximum Gasteiger partial charge on any atom is 0.408 e. The second-order valence-corrected chi connectivity index (χ2v) is 4.11. The lowest BCUT2D eigenvalue weighted by atomic mass is 9.89. The Morgan fingerprint density at radius 1 is 1.50 bits per heavy atom. The van der Waals surface area contributed by atoms with Crippen LogP contribution in [-0.2, 0) is 0 Å². The third-order valence-corrected chi connectivity index (χ3v) is 2.90. The third kappa shape index (κ3) is 1.87. The van der Waals surface area contributed by atoms with Crippen LogP contribution in [0.4, 0.5) is 19.0 Å². The predicted octanol–water partition coefficient (Wildman–Crippen LogP) is 1.27. The summed E-state index contributed by atoms with van der Waals surface area (Å²) >= 11 is 0. The molecule has 1 fully saturated rings. The van der Waals surface area contributed by atoms with Gasteiger partial charge in [-0.15, -0.1) is 0 Å². The lowest BCUT2D eigenvalue weighted by Gasteiger charge is -2.41. The molecule has 0 saturated carbocycles. The Labute approximate surface area is 90.6 Å². The largest absolute Gasteiger partial charge is 0.408 e. The topological polar surface area (TPSA) is 57.9 Å². The van der Waals surface area contributed by atoms with Gasteiger partial charge < -0.3 is 10.6 Å². The molecule has 1 aliphatic rings. The Morgan fingerprint density at radius 3 is 2.81 bits per heavy atom. The molecular formula is C9H13F3N4. The average molecular weight is 234 g/mol. The summed E-state index contributed by atoms with van der Waals surface area (Å²) < 4.78 is 38.3. The number of anilines is 1. The number of nitrogens with one attached hydrogen (secondary N) is 1. The van der Waals surface area contributed by atoms with Crippen molar-refractivity contribution in [3.63, 3.8) is 0 Å². The van der Waals surface area contributed by atoms with E-state index in [1.54, 1.807) is 17.2 Å². The van der Waals surface area contributed by atoms with Crippen LogP contribution in [0.15, 0.2) is 12.3 Å². The van der Waals surface area contributed by atoms with E-state index in [-0.39, 0.29) is 13.0 Å². The molecule has 1 aromatic heterocycles. The van der Waals surface area contributed by atoms with Crippen LogP contribution >= 0.6 is 0 Å². The molecule has 0 aliphatic carbocycles. The highest BCUT2D eigenvalue weighted by molar-refractivity contribution is 5.38. The number of aromatic nitrogens is 2. The number of nitrogens with zero attached hydrogens (tertiary/aromatic N) is 2. The van der Waals surface area contributed by atoms with Gasteiger partial charge in [-0.05, 0) is 12.8 Å². The first-order chi connectivity index (χ1) is 7.42. The lowest BCUT2D eigenvalue weighted by molar-refractivity contribution is -0.187. The van der Waals surface area contributed by atoms with Crippen LogP contribution in [0, 0.1) is 0 Å². The summed E-state index contributed by atoms with van der Waals surface area (Å²) in [7, 11) is 0. The van der Waals surface area contributed by atoms with Crippen molar-refractivity contribution >= 4 is 5.82 Å². The average Bonchev–Trinajstić information content (AvgIpc) is 2.68. The monoisotopic (exact) mass is 234 g/mol. The molecule has 7 heteroatoms. The van der Waals surface area contributed by atoms with Crippen molar-refractivity contribution in [2.45, 2.75) is 24.6 Å². The molecule has 90 valence electrons. The van der Waals surface area contributed by atoms with E-state index in [2.05, 4.69) is 10.2 Å². The first-order valence-corrected chi connectivity index (χ1v) is 5.03. The van der Waals surface area contributed by atoms with E-state index in [9.17, 15) is 13.2 Å². The normalized spacial score (nSPS) is 27.1. The second kappa shape index (κ2) is 3.65. The first-order valence-electron chi connectivity index (χ1n) is 5.03. The van der Waals surface area contributed by atoms with E-state index in [1.807, 2.05) is 0 Å². The van der Waals surface area contributed by atoms with E-state index in [0.29, 0.717) is 18.8 Å². The predicted molar refractivity (Wildman–Crippen MR) is 53.0 cm³/mol. The molecule has 0 unspecified atom stereocenters. The van der Waals surface area contributed by atoms with Gasteiger partial charge in [-0.25, -0.2) is 0 Å². The summed E-state index contributed by atoms with van der Waals surface area (Å²) in [5.41, 5.74) is 3.31. The van der Waals surface area contributed by atoms with Gasteiger partial charge in [-0.1, -0.05) is 0 Å². The summed E-state index contributed by atoms with van der Waals surface area (Å²) in [6.45, 7) is 0.321. The molecule has 2 heterocycles. The van der Waals surface area contributed by atoms with Gasteiger partial charge in [0.15, 0.2) is 0 Å². The van der Waals surface area contributed by atoms with Crippen molar-refractivity contribution in [1.82, 2.24) is 10.2 Å². The molecule has 0 radical (unpaired) electrons. The zero-order chi connectivity index (χ0) is 11.8. The van der Waals surface area contributed by atoms with E-state index >= 15 is 0 Å². The van der Waals surface area contributed by atoms with Crippen molar-refractivity contribution in [2.75, 3.05) is 18.0 Å². The van der Waals surface area contributed by atoms with Crippen LogP contribution in [0.3, 0.4) is 0 Å². The van der Waals surface area contributed by atoms with Crippen LogP contribution in [0.1, 0.15) is 12.8 Å².